The lowest BCUT2D eigenvalue weighted by atomic mass is 10.0. The van der Waals surface area contributed by atoms with E-state index < -0.39 is 0 Å². The summed E-state index contributed by atoms with van der Waals surface area (Å²) < 4.78 is 2.23. The summed E-state index contributed by atoms with van der Waals surface area (Å²) in [6.07, 6.45) is 6.40. The number of hydrogen-bond acceptors (Lipinski definition) is 6. The molecule has 1 amide bonds. The Morgan fingerprint density at radius 1 is 1.19 bits per heavy atom. The van der Waals surface area contributed by atoms with E-state index in [1.54, 1.807) is 0 Å². The molecule has 2 aromatic rings. The number of nitrogens with two attached hydrogens (primary N) is 1. The molecule has 1 atom stereocenters. The van der Waals surface area contributed by atoms with Crippen LogP contribution >= 0.6 is 36.2 Å². The Balaban J connectivity index is 0.00000121. The number of carbonyl (C=O) groups is 1. The molecule has 0 spiro atoms. The molecule has 2 aliphatic rings. The van der Waals surface area contributed by atoms with Crippen LogP contribution in [0.2, 0.25) is 0 Å². The van der Waals surface area contributed by atoms with Crippen LogP contribution in [0.1, 0.15) is 65.3 Å². The molecule has 0 aromatic carbocycles. The third-order valence-electron chi connectivity index (χ3n) is 4.90. The van der Waals surface area contributed by atoms with Crippen LogP contribution in [0.5, 0.6) is 0 Å². The van der Waals surface area contributed by atoms with Gasteiger partial charge < -0.3 is 15.2 Å². The lowest BCUT2D eigenvalue weighted by Crippen LogP contribution is -2.40. The Bertz CT molecular complexity index is 749. The molecule has 1 fully saturated rings. The van der Waals surface area contributed by atoms with Crippen molar-refractivity contribution in [2.45, 2.75) is 57.7 Å². The molecular weight excluding hydrogens is 395 g/mol. The van der Waals surface area contributed by atoms with Gasteiger partial charge in [0.15, 0.2) is 5.82 Å². The number of carbonyl (C=O) groups excluding carboxylic acids is 1. The van der Waals surface area contributed by atoms with Crippen LogP contribution in [0, 0.1) is 0 Å². The fraction of sp³-hybridized carbons (Fsp3) is 0.625. The first-order chi connectivity index (χ1) is 11.8. The molecule has 2 aliphatic heterocycles. The molecule has 2 N–H and O–H groups in total. The van der Waals surface area contributed by atoms with Gasteiger partial charge in [0.2, 0.25) is 0 Å². The van der Waals surface area contributed by atoms with Gasteiger partial charge in [0.1, 0.15) is 16.5 Å². The van der Waals surface area contributed by atoms with E-state index >= 15 is 0 Å². The summed E-state index contributed by atoms with van der Waals surface area (Å²) in [4.78, 5) is 19.3. The van der Waals surface area contributed by atoms with E-state index in [0.717, 1.165) is 61.9 Å². The van der Waals surface area contributed by atoms with Crippen molar-refractivity contribution in [3.05, 3.63) is 27.7 Å². The molecule has 26 heavy (non-hydrogen) atoms. The molecule has 4 rings (SSSR count). The number of aromatic nitrogens is 4. The lowest BCUT2D eigenvalue weighted by Gasteiger charge is -2.35. The minimum absolute atomic E-state index is 0. The van der Waals surface area contributed by atoms with Crippen molar-refractivity contribution in [2.24, 2.45) is 5.73 Å². The van der Waals surface area contributed by atoms with Gasteiger partial charge in [0, 0.05) is 31.4 Å². The monoisotopic (exact) mass is 418 g/mol. The summed E-state index contributed by atoms with van der Waals surface area (Å²) in [5, 5.41) is 11.4. The summed E-state index contributed by atoms with van der Waals surface area (Å²) in [5.74, 6) is 2.00. The highest BCUT2D eigenvalue weighted by Gasteiger charge is 2.34. The SMILES string of the molecule is Cl.Cl.NCc1nc(C(=O)N2CCCCC2c2nnc3n2CCCC3)cs1. The maximum Gasteiger partial charge on any atom is 0.273 e. The highest BCUT2D eigenvalue weighted by atomic mass is 35.5. The van der Waals surface area contributed by atoms with Gasteiger partial charge in [-0.1, -0.05) is 0 Å². The molecule has 10 heteroatoms. The minimum Gasteiger partial charge on any atom is -0.327 e. The molecule has 0 bridgehead atoms. The van der Waals surface area contributed by atoms with E-state index in [1.165, 1.54) is 17.8 Å². The maximum atomic E-state index is 13.0. The van der Waals surface area contributed by atoms with E-state index in [0.29, 0.717) is 12.2 Å². The second-order valence-electron chi connectivity index (χ2n) is 6.42. The van der Waals surface area contributed by atoms with Crippen LogP contribution in [0.25, 0.3) is 0 Å². The number of rotatable bonds is 3. The van der Waals surface area contributed by atoms with Gasteiger partial charge in [-0.15, -0.1) is 46.3 Å². The predicted molar refractivity (Wildman–Crippen MR) is 105 cm³/mol. The first-order valence-electron chi connectivity index (χ1n) is 8.65. The Kier molecular flexibility index (Phi) is 7.40. The molecular formula is C16H24Cl2N6OS. The van der Waals surface area contributed by atoms with Crippen LogP contribution in [0.3, 0.4) is 0 Å². The van der Waals surface area contributed by atoms with Crippen molar-refractivity contribution in [3.8, 4) is 0 Å². The average Bonchev–Trinajstić information content (AvgIpc) is 3.28. The average molecular weight is 419 g/mol. The van der Waals surface area contributed by atoms with Crippen molar-refractivity contribution < 1.29 is 4.79 Å². The van der Waals surface area contributed by atoms with Crippen LogP contribution in [-0.4, -0.2) is 37.1 Å². The van der Waals surface area contributed by atoms with Crippen molar-refractivity contribution in [3.63, 3.8) is 0 Å². The molecule has 1 unspecified atom stereocenters. The molecule has 0 radical (unpaired) electrons. The summed E-state index contributed by atoms with van der Waals surface area (Å²) in [6.45, 7) is 2.09. The Labute approximate surface area is 169 Å². The van der Waals surface area contributed by atoms with E-state index in [1.807, 2.05) is 10.3 Å². The van der Waals surface area contributed by atoms with Gasteiger partial charge in [-0.3, -0.25) is 4.79 Å². The number of piperidine rings is 1. The molecule has 2 aromatic heterocycles. The third kappa shape index (κ3) is 3.88. The molecule has 0 saturated carbocycles. The number of hydrogen-bond donors (Lipinski definition) is 1. The fourth-order valence-corrected chi connectivity index (χ4v) is 4.32. The number of halogens is 2. The number of fused-ring (bicyclic) bond motifs is 1. The molecule has 7 nitrogen and oxygen atoms in total. The van der Waals surface area contributed by atoms with Crippen molar-refractivity contribution >= 4 is 42.1 Å². The summed E-state index contributed by atoms with van der Waals surface area (Å²) in [5.41, 5.74) is 6.13. The second-order valence-corrected chi connectivity index (χ2v) is 7.37. The summed E-state index contributed by atoms with van der Waals surface area (Å²) in [7, 11) is 0. The molecule has 144 valence electrons. The Morgan fingerprint density at radius 2 is 2.00 bits per heavy atom. The van der Waals surface area contributed by atoms with Gasteiger partial charge in [-0.25, -0.2) is 4.98 Å². The van der Waals surface area contributed by atoms with Gasteiger partial charge in [0.05, 0.1) is 6.04 Å². The highest BCUT2D eigenvalue weighted by molar-refractivity contribution is 7.09. The third-order valence-corrected chi connectivity index (χ3v) is 5.77. The smallest absolute Gasteiger partial charge is 0.273 e. The number of thiazole rings is 1. The minimum atomic E-state index is -0.0104. The van der Waals surface area contributed by atoms with Crippen LogP contribution in [0.15, 0.2) is 5.38 Å². The van der Waals surface area contributed by atoms with Crippen molar-refractivity contribution in [1.82, 2.24) is 24.6 Å². The zero-order valence-corrected chi connectivity index (χ0v) is 16.9. The van der Waals surface area contributed by atoms with Gasteiger partial charge in [-0.05, 0) is 32.1 Å². The molecule has 4 heterocycles. The summed E-state index contributed by atoms with van der Waals surface area (Å²) in [6, 6.07) is 0.00799. The van der Waals surface area contributed by atoms with Crippen LogP contribution < -0.4 is 5.73 Å². The Hall–Kier alpha value is -1.22. The standard InChI is InChI=1S/C16H22N6OS.2ClH/c17-9-14-18-11(10-24-14)16(23)21-7-3-1-5-12(21)15-20-19-13-6-2-4-8-22(13)15;;/h10,12H,1-9,17H2;2*1H. The lowest BCUT2D eigenvalue weighted by molar-refractivity contribution is 0.0588. The first-order valence-corrected chi connectivity index (χ1v) is 9.53. The summed E-state index contributed by atoms with van der Waals surface area (Å²) >= 11 is 1.45. The highest BCUT2D eigenvalue weighted by Crippen LogP contribution is 2.32. The molecule has 1 saturated heterocycles. The Morgan fingerprint density at radius 3 is 2.77 bits per heavy atom. The van der Waals surface area contributed by atoms with Gasteiger partial charge >= 0.3 is 0 Å². The maximum absolute atomic E-state index is 13.0. The quantitative estimate of drug-likeness (QED) is 0.826. The van der Waals surface area contributed by atoms with Crippen molar-refractivity contribution in [2.75, 3.05) is 6.54 Å². The second kappa shape index (κ2) is 9.12. The van der Waals surface area contributed by atoms with Crippen molar-refractivity contribution in [1.29, 1.82) is 0 Å². The largest absolute Gasteiger partial charge is 0.327 e. The van der Waals surface area contributed by atoms with Gasteiger partial charge in [-0.2, -0.15) is 0 Å². The van der Waals surface area contributed by atoms with E-state index in [4.69, 9.17) is 5.73 Å². The van der Waals surface area contributed by atoms with Gasteiger partial charge in [0.25, 0.3) is 5.91 Å². The van der Waals surface area contributed by atoms with E-state index in [9.17, 15) is 4.79 Å². The topological polar surface area (TPSA) is 89.9 Å². The van der Waals surface area contributed by atoms with Crippen LogP contribution in [0.4, 0.5) is 0 Å². The zero-order chi connectivity index (χ0) is 16.5. The molecule has 0 aliphatic carbocycles. The first kappa shape index (κ1) is 21.1. The van der Waals surface area contributed by atoms with Crippen LogP contribution in [-0.2, 0) is 19.5 Å². The number of likely N-dealkylation sites (tertiary alicyclic amines) is 1. The zero-order valence-electron chi connectivity index (χ0n) is 14.5. The number of nitrogens with zero attached hydrogens (tertiary/aromatic N) is 5. The van der Waals surface area contributed by atoms with E-state index in [-0.39, 0.29) is 36.8 Å². The number of aryl methyl sites for hydroxylation is 1. The fourth-order valence-electron chi connectivity index (χ4n) is 3.67. The normalized spacial score (nSPS) is 19.3. The van der Waals surface area contributed by atoms with E-state index in [2.05, 4.69) is 19.7 Å². The predicted octanol–water partition coefficient (Wildman–Crippen LogP) is 2.74. The number of amides is 1.